The van der Waals surface area contributed by atoms with Crippen LogP contribution in [0.5, 0.6) is 5.88 Å². The normalized spacial score (nSPS) is 10.6. The van der Waals surface area contributed by atoms with E-state index in [0.29, 0.717) is 23.3 Å². The van der Waals surface area contributed by atoms with E-state index in [-0.39, 0.29) is 0 Å². The fourth-order valence-electron chi connectivity index (χ4n) is 1.61. The second-order valence-corrected chi connectivity index (χ2v) is 4.07. The van der Waals surface area contributed by atoms with Crippen molar-refractivity contribution in [2.24, 2.45) is 5.73 Å². The Kier molecular flexibility index (Phi) is 4.79. The minimum absolute atomic E-state index is 0.448. The Morgan fingerprint density at radius 2 is 2.11 bits per heavy atom. The smallest absolute Gasteiger partial charge is 0.233 e. The van der Waals surface area contributed by atoms with Gasteiger partial charge in [0.25, 0.3) is 0 Å². The number of hydrogen-bond acceptors (Lipinski definition) is 7. The first-order valence-corrected chi connectivity index (χ1v) is 6.24. The van der Waals surface area contributed by atoms with Crippen LogP contribution in [0.4, 0.5) is 0 Å². The lowest BCUT2D eigenvalue weighted by Crippen LogP contribution is -1.98. The van der Waals surface area contributed by atoms with Gasteiger partial charge in [-0.1, -0.05) is 11.6 Å². The summed E-state index contributed by atoms with van der Waals surface area (Å²) in [5.74, 6) is 1.52. The summed E-state index contributed by atoms with van der Waals surface area (Å²) in [6.07, 6.45) is 3.84. The molecule has 0 spiro atoms. The van der Waals surface area contributed by atoms with E-state index in [9.17, 15) is 0 Å². The van der Waals surface area contributed by atoms with Gasteiger partial charge < -0.3 is 15.0 Å². The maximum Gasteiger partial charge on any atom is 0.233 e. The standard InChI is InChI=1S/C12H17N5O2/c1-18-11-7-6-9(15-16-11)12-14-10(19-17-12)5-3-2-4-8-13/h6-7H,2-5,8,13H2,1H3. The molecular weight excluding hydrogens is 246 g/mol. The zero-order valence-corrected chi connectivity index (χ0v) is 10.9. The highest BCUT2D eigenvalue weighted by Gasteiger charge is 2.10. The number of nitrogens with zero attached hydrogens (tertiary/aromatic N) is 4. The predicted octanol–water partition coefficient (Wildman–Crippen LogP) is 1.21. The molecule has 0 saturated heterocycles. The zero-order valence-electron chi connectivity index (χ0n) is 10.9. The largest absolute Gasteiger partial charge is 0.480 e. The molecule has 0 aromatic carbocycles. The van der Waals surface area contributed by atoms with Crippen LogP contribution in [-0.4, -0.2) is 34.0 Å². The van der Waals surface area contributed by atoms with Crippen molar-refractivity contribution < 1.29 is 9.26 Å². The van der Waals surface area contributed by atoms with Crippen LogP contribution in [0.1, 0.15) is 25.2 Å². The molecule has 0 aliphatic rings. The molecule has 0 unspecified atom stereocenters. The monoisotopic (exact) mass is 263 g/mol. The van der Waals surface area contributed by atoms with Gasteiger partial charge in [0, 0.05) is 12.5 Å². The molecule has 0 bridgehead atoms. The van der Waals surface area contributed by atoms with Crippen molar-refractivity contribution in [3.8, 4) is 17.4 Å². The number of aryl methyl sites for hydroxylation is 1. The molecule has 7 heteroatoms. The van der Waals surface area contributed by atoms with Gasteiger partial charge in [-0.2, -0.15) is 4.98 Å². The number of methoxy groups -OCH3 is 1. The van der Waals surface area contributed by atoms with E-state index in [2.05, 4.69) is 20.3 Å². The van der Waals surface area contributed by atoms with Crippen LogP contribution in [0.15, 0.2) is 16.7 Å². The van der Waals surface area contributed by atoms with E-state index in [4.69, 9.17) is 15.0 Å². The SMILES string of the molecule is COc1ccc(-c2noc(CCCCCN)n2)nn1. The van der Waals surface area contributed by atoms with Gasteiger partial charge in [0.2, 0.25) is 17.6 Å². The minimum Gasteiger partial charge on any atom is -0.480 e. The Labute approximate surface area is 111 Å². The second-order valence-electron chi connectivity index (χ2n) is 4.07. The summed E-state index contributed by atoms with van der Waals surface area (Å²) in [5, 5.41) is 11.7. The van der Waals surface area contributed by atoms with Gasteiger partial charge >= 0.3 is 0 Å². The molecule has 19 heavy (non-hydrogen) atoms. The molecule has 0 amide bonds. The summed E-state index contributed by atoms with van der Waals surface area (Å²) < 4.78 is 10.1. The molecule has 2 rings (SSSR count). The fourth-order valence-corrected chi connectivity index (χ4v) is 1.61. The molecule has 0 saturated carbocycles. The second kappa shape index (κ2) is 6.79. The molecule has 2 N–H and O–H groups in total. The van der Waals surface area contributed by atoms with Crippen LogP contribution < -0.4 is 10.5 Å². The third-order valence-corrected chi connectivity index (χ3v) is 2.64. The highest BCUT2D eigenvalue weighted by atomic mass is 16.5. The Bertz CT molecular complexity index is 497. The van der Waals surface area contributed by atoms with Crippen molar-refractivity contribution in [1.82, 2.24) is 20.3 Å². The number of unbranched alkanes of at least 4 members (excludes halogenated alkanes) is 2. The van der Waals surface area contributed by atoms with Gasteiger partial charge in [0.15, 0.2) is 0 Å². The van der Waals surface area contributed by atoms with Gasteiger partial charge in [-0.3, -0.25) is 0 Å². The van der Waals surface area contributed by atoms with E-state index < -0.39 is 0 Å². The Morgan fingerprint density at radius 3 is 2.79 bits per heavy atom. The summed E-state index contributed by atoms with van der Waals surface area (Å²) in [4.78, 5) is 4.28. The van der Waals surface area contributed by atoms with Crippen LogP contribution in [-0.2, 0) is 6.42 Å². The Morgan fingerprint density at radius 1 is 1.21 bits per heavy atom. The summed E-state index contributed by atoms with van der Waals surface area (Å²) in [6.45, 7) is 0.719. The van der Waals surface area contributed by atoms with Crippen LogP contribution in [0.25, 0.3) is 11.5 Å². The molecule has 0 aliphatic carbocycles. The number of nitrogens with two attached hydrogens (primary N) is 1. The van der Waals surface area contributed by atoms with Crippen molar-refractivity contribution in [2.75, 3.05) is 13.7 Å². The molecule has 7 nitrogen and oxygen atoms in total. The highest BCUT2D eigenvalue weighted by molar-refractivity contribution is 5.47. The van der Waals surface area contributed by atoms with E-state index in [1.165, 1.54) is 7.11 Å². The quantitative estimate of drug-likeness (QED) is 0.749. The predicted molar refractivity (Wildman–Crippen MR) is 68.5 cm³/mol. The van der Waals surface area contributed by atoms with Gasteiger partial charge in [0.1, 0.15) is 5.69 Å². The molecule has 2 aromatic rings. The van der Waals surface area contributed by atoms with Crippen LogP contribution in [0.2, 0.25) is 0 Å². The number of ether oxygens (including phenoxy) is 1. The molecule has 0 atom stereocenters. The average Bonchev–Trinajstić information content (AvgIpc) is 2.92. The summed E-state index contributed by atoms with van der Waals surface area (Å²) in [6, 6.07) is 3.45. The number of rotatable bonds is 7. The van der Waals surface area contributed by atoms with Crippen molar-refractivity contribution in [1.29, 1.82) is 0 Å². The lowest BCUT2D eigenvalue weighted by atomic mass is 10.2. The van der Waals surface area contributed by atoms with E-state index in [1.807, 2.05) is 0 Å². The lowest BCUT2D eigenvalue weighted by molar-refractivity contribution is 0.374. The first-order chi connectivity index (χ1) is 9.33. The summed E-state index contributed by atoms with van der Waals surface area (Å²) in [7, 11) is 1.54. The molecule has 0 fully saturated rings. The van der Waals surface area contributed by atoms with Crippen LogP contribution in [0.3, 0.4) is 0 Å². The molecule has 102 valence electrons. The molecule has 0 radical (unpaired) electrons. The zero-order chi connectivity index (χ0) is 13.5. The first-order valence-electron chi connectivity index (χ1n) is 6.24. The topological polar surface area (TPSA) is 100.0 Å². The fraction of sp³-hybridized carbons (Fsp3) is 0.500. The third kappa shape index (κ3) is 3.72. The van der Waals surface area contributed by atoms with E-state index >= 15 is 0 Å². The molecule has 0 aliphatic heterocycles. The first kappa shape index (κ1) is 13.4. The number of aromatic nitrogens is 4. The molecule has 2 heterocycles. The van der Waals surface area contributed by atoms with Crippen molar-refractivity contribution in [3.05, 3.63) is 18.0 Å². The highest BCUT2D eigenvalue weighted by Crippen LogP contribution is 2.15. The maximum absolute atomic E-state index is 5.43. The summed E-state index contributed by atoms with van der Waals surface area (Å²) >= 11 is 0. The minimum atomic E-state index is 0.448. The van der Waals surface area contributed by atoms with Crippen LogP contribution in [0, 0.1) is 0 Å². The lowest BCUT2D eigenvalue weighted by Gasteiger charge is -1.96. The third-order valence-electron chi connectivity index (χ3n) is 2.64. The van der Waals surface area contributed by atoms with Gasteiger partial charge in [0.05, 0.1) is 7.11 Å². The molecular formula is C12H17N5O2. The van der Waals surface area contributed by atoms with Crippen molar-refractivity contribution >= 4 is 0 Å². The maximum atomic E-state index is 5.43. The Hall–Kier alpha value is -2.02. The number of hydrogen-bond donors (Lipinski definition) is 1. The molecule has 2 aromatic heterocycles. The van der Waals surface area contributed by atoms with Crippen molar-refractivity contribution in [3.63, 3.8) is 0 Å². The average molecular weight is 263 g/mol. The van der Waals surface area contributed by atoms with Crippen LogP contribution >= 0.6 is 0 Å². The van der Waals surface area contributed by atoms with E-state index in [1.54, 1.807) is 12.1 Å². The van der Waals surface area contributed by atoms with Gasteiger partial charge in [-0.25, -0.2) is 0 Å². The Balaban J connectivity index is 1.95. The van der Waals surface area contributed by atoms with E-state index in [0.717, 1.165) is 32.2 Å². The van der Waals surface area contributed by atoms with Crippen molar-refractivity contribution in [2.45, 2.75) is 25.7 Å². The van der Waals surface area contributed by atoms with Gasteiger partial charge in [-0.15, -0.1) is 10.2 Å². The van der Waals surface area contributed by atoms with Gasteiger partial charge in [-0.05, 0) is 25.5 Å². The summed E-state index contributed by atoms with van der Waals surface area (Å²) in [5.41, 5.74) is 6.00.